The molecule has 0 fully saturated rings. The van der Waals surface area contributed by atoms with Crippen LogP contribution in [-0.4, -0.2) is 18.2 Å². The molecule has 4 nitrogen and oxygen atoms in total. The summed E-state index contributed by atoms with van der Waals surface area (Å²) >= 11 is 0. The number of hydrogen-bond acceptors (Lipinski definition) is 3. The summed E-state index contributed by atoms with van der Waals surface area (Å²) in [6.45, 7) is 7.40. The predicted octanol–water partition coefficient (Wildman–Crippen LogP) is 3.25. The zero-order chi connectivity index (χ0) is 15.3. The Balaban J connectivity index is 2.56. The van der Waals surface area contributed by atoms with Crippen LogP contribution in [0.3, 0.4) is 0 Å². The van der Waals surface area contributed by atoms with Crippen LogP contribution in [0, 0.1) is 12.7 Å². The molecular weight excluding hydrogens is 259 g/mol. The van der Waals surface area contributed by atoms with Crippen molar-refractivity contribution >= 4 is 17.9 Å². The van der Waals surface area contributed by atoms with E-state index in [1.54, 1.807) is 39.8 Å². The summed E-state index contributed by atoms with van der Waals surface area (Å²) in [6, 6.07) is 2.73. The van der Waals surface area contributed by atoms with Gasteiger partial charge in [0.25, 0.3) is 0 Å². The molecule has 0 spiro atoms. The van der Waals surface area contributed by atoms with Crippen LogP contribution < -0.4 is 11.1 Å². The number of aryl methyl sites for hydroxylation is 1. The van der Waals surface area contributed by atoms with Gasteiger partial charge in [-0.05, 0) is 45.4 Å². The van der Waals surface area contributed by atoms with E-state index in [2.05, 4.69) is 5.32 Å². The highest BCUT2D eigenvalue weighted by molar-refractivity contribution is 5.69. The van der Waals surface area contributed by atoms with Crippen LogP contribution in [0.1, 0.15) is 31.9 Å². The van der Waals surface area contributed by atoms with Gasteiger partial charge in [-0.1, -0.05) is 12.2 Å². The van der Waals surface area contributed by atoms with Gasteiger partial charge in [0.05, 0.1) is 0 Å². The zero-order valence-electron chi connectivity index (χ0n) is 12.3. The Morgan fingerprint density at radius 1 is 1.45 bits per heavy atom. The number of nitrogens with two attached hydrogens (primary N) is 1. The minimum atomic E-state index is -0.530. The fourth-order valence-electron chi connectivity index (χ4n) is 1.56. The van der Waals surface area contributed by atoms with Crippen molar-refractivity contribution < 1.29 is 13.9 Å². The van der Waals surface area contributed by atoms with Crippen molar-refractivity contribution in [1.82, 2.24) is 5.32 Å². The normalized spacial score (nSPS) is 11.7. The van der Waals surface area contributed by atoms with Crippen LogP contribution in [0.2, 0.25) is 0 Å². The molecule has 0 bridgehead atoms. The number of carbonyl (C=O) groups excluding carboxylic acids is 1. The van der Waals surface area contributed by atoms with Crippen LogP contribution >= 0.6 is 0 Å². The Bertz CT molecular complexity index is 519. The number of amides is 1. The molecular formula is C15H21FN2O2. The van der Waals surface area contributed by atoms with Crippen molar-refractivity contribution in [1.29, 1.82) is 0 Å². The van der Waals surface area contributed by atoms with Gasteiger partial charge < -0.3 is 15.8 Å². The minimum Gasteiger partial charge on any atom is -0.444 e. The van der Waals surface area contributed by atoms with E-state index in [1.165, 1.54) is 12.1 Å². The van der Waals surface area contributed by atoms with E-state index in [0.717, 1.165) is 0 Å². The maximum Gasteiger partial charge on any atom is 0.407 e. The molecule has 1 aromatic rings. The monoisotopic (exact) mass is 280 g/mol. The maximum atomic E-state index is 13.3. The van der Waals surface area contributed by atoms with E-state index in [1.807, 2.05) is 0 Å². The van der Waals surface area contributed by atoms with Crippen LogP contribution in [0.5, 0.6) is 0 Å². The predicted molar refractivity (Wildman–Crippen MR) is 78.8 cm³/mol. The fraction of sp³-hybridized carbons (Fsp3) is 0.400. The van der Waals surface area contributed by atoms with Crippen molar-refractivity contribution in [3.63, 3.8) is 0 Å². The van der Waals surface area contributed by atoms with Gasteiger partial charge in [0.1, 0.15) is 11.4 Å². The number of rotatable bonds is 3. The third kappa shape index (κ3) is 5.30. The molecule has 3 N–H and O–H groups in total. The highest BCUT2D eigenvalue weighted by atomic mass is 19.1. The number of alkyl carbamates (subject to hydrolysis) is 1. The van der Waals surface area contributed by atoms with Crippen molar-refractivity contribution in [2.45, 2.75) is 33.3 Å². The van der Waals surface area contributed by atoms with Crippen LogP contribution in [0.25, 0.3) is 6.08 Å². The Hall–Kier alpha value is -2.04. The van der Waals surface area contributed by atoms with E-state index in [-0.39, 0.29) is 12.4 Å². The standard InChI is InChI=1S/C15H21FN2O2/c1-10-8-12(16)9-11(13(10)17)6-5-7-18-14(19)20-15(2,3)4/h5-6,8-9H,7,17H2,1-4H3,(H,18,19). The van der Waals surface area contributed by atoms with E-state index in [9.17, 15) is 9.18 Å². The van der Waals surface area contributed by atoms with E-state index in [4.69, 9.17) is 10.5 Å². The molecule has 0 saturated carbocycles. The second-order valence-corrected chi connectivity index (χ2v) is 5.51. The van der Waals surface area contributed by atoms with E-state index in [0.29, 0.717) is 16.8 Å². The van der Waals surface area contributed by atoms with Crippen LogP contribution in [0.15, 0.2) is 18.2 Å². The van der Waals surface area contributed by atoms with Gasteiger partial charge in [-0.2, -0.15) is 0 Å². The lowest BCUT2D eigenvalue weighted by molar-refractivity contribution is 0.0534. The molecule has 0 unspecified atom stereocenters. The Labute approximate surface area is 118 Å². The number of nitrogens with one attached hydrogen (secondary N) is 1. The molecule has 0 saturated heterocycles. The summed E-state index contributed by atoms with van der Waals surface area (Å²) in [6.07, 6.45) is 2.86. The molecule has 0 atom stereocenters. The van der Waals surface area contributed by atoms with Crippen LogP contribution in [0.4, 0.5) is 14.9 Å². The molecule has 110 valence electrons. The summed E-state index contributed by atoms with van der Waals surface area (Å²) in [4.78, 5) is 11.4. The minimum absolute atomic E-state index is 0.282. The number of nitrogen functional groups attached to an aromatic ring is 1. The first-order valence-electron chi connectivity index (χ1n) is 6.38. The van der Waals surface area contributed by atoms with Crippen molar-refractivity contribution in [2.24, 2.45) is 0 Å². The topological polar surface area (TPSA) is 64.3 Å². The molecule has 5 heteroatoms. The van der Waals surface area contributed by atoms with E-state index < -0.39 is 11.7 Å². The lowest BCUT2D eigenvalue weighted by Gasteiger charge is -2.19. The Morgan fingerprint density at radius 3 is 2.70 bits per heavy atom. The summed E-state index contributed by atoms with van der Waals surface area (Å²) in [7, 11) is 0. The average molecular weight is 280 g/mol. The first kappa shape index (κ1) is 16.0. The second kappa shape index (κ2) is 6.41. The number of carbonyl (C=O) groups is 1. The van der Waals surface area contributed by atoms with Crippen molar-refractivity contribution in [2.75, 3.05) is 12.3 Å². The second-order valence-electron chi connectivity index (χ2n) is 5.51. The average Bonchev–Trinajstić information content (AvgIpc) is 2.28. The van der Waals surface area contributed by atoms with Gasteiger partial charge in [-0.3, -0.25) is 0 Å². The molecule has 0 heterocycles. The zero-order valence-corrected chi connectivity index (χ0v) is 12.3. The number of ether oxygens (including phenoxy) is 1. The summed E-state index contributed by atoms with van der Waals surface area (Å²) in [5, 5.41) is 2.58. The lowest BCUT2D eigenvalue weighted by Crippen LogP contribution is -2.32. The van der Waals surface area contributed by atoms with Gasteiger partial charge in [0, 0.05) is 17.8 Å². The van der Waals surface area contributed by atoms with Gasteiger partial charge in [-0.15, -0.1) is 0 Å². The molecule has 0 aliphatic carbocycles. The number of halogens is 1. The number of anilines is 1. The molecule has 0 aliphatic rings. The highest BCUT2D eigenvalue weighted by Crippen LogP contribution is 2.20. The van der Waals surface area contributed by atoms with Gasteiger partial charge in [-0.25, -0.2) is 9.18 Å². The largest absolute Gasteiger partial charge is 0.444 e. The molecule has 1 rings (SSSR count). The first-order valence-corrected chi connectivity index (χ1v) is 6.38. The molecule has 1 amide bonds. The van der Waals surface area contributed by atoms with Crippen LogP contribution in [-0.2, 0) is 4.74 Å². The smallest absolute Gasteiger partial charge is 0.407 e. The first-order chi connectivity index (χ1) is 9.19. The molecule has 0 radical (unpaired) electrons. The molecule has 0 aromatic heterocycles. The third-order valence-electron chi connectivity index (χ3n) is 2.44. The SMILES string of the molecule is Cc1cc(F)cc(C=CCNC(=O)OC(C)(C)C)c1N. The maximum absolute atomic E-state index is 13.3. The molecule has 1 aromatic carbocycles. The summed E-state index contributed by atoms with van der Waals surface area (Å²) in [5.74, 6) is -0.337. The Morgan fingerprint density at radius 2 is 2.10 bits per heavy atom. The molecule has 0 aliphatic heterocycles. The summed E-state index contributed by atoms with van der Waals surface area (Å²) < 4.78 is 18.3. The van der Waals surface area contributed by atoms with E-state index >= 15 is 0 Å². The van der Waals surface area contributed by atoms with Crippen molar-refractivity contribution in [3.8, 4) is 0 Å². The van der Waals surface area contributed by atoms with Crippen molar-refractivity contribution in [3.05, 3.63) is 35.2 Å². The molecule has 20 heavy (non-hydrogen) atoms. The highest BCUT2D eigenvalue weighted by Gasteiger charge is 2.14. The van der Waals surface area contributed by atoms with Gasteiger partial charge >= 0.3 is 6.09 Å². The lowest BCUT2D eigenvalue weighted by atomic mass is 10.1. The summed E-state index contributed by atoms with van der Waals surface area (Å²) in [5.41, 5.74) is 7.12. The third-order valence-corrected chi connectivity index (χ3v) is 2.44. The van der Waals surface area contributed by atoms with Gasteiger partial charge in [0.15, 0.2) is 0 Å². The number of benzene rings is 1. The fourth-order valence-corrected chi connectivity index (χ4v) is 1.56. The number of hydrogen-bond donors (Lipinski definition) is 2. The Kier molecular flexibility index (Phi) is 5.13. The van der Waals surface area contributed by atoms with Gasteiger partial charge in [0.2, 0.25) is 0 Å². The quantitative estimate of drug-likeness (QED) is 0.835.